The second-order valence-electron chi connectivity index (χ2n) is 6.68. The number of carboxylic acids is 1. The average Bonchev–Trinajstić information content (AvgIpc) is 2.68. The number of likely N-dealkylation sites (tertiary alicyclic amines) is 1. The van der Waals surface area contributed by atoms with Gasteiger partial charge in [0, 0.05) is 13.1 Å². The van der Waals surface area contributed by atoms with Crippen molar-refractivity contribution in [2.24, 2.45) is 16.6 Å². The fraction of sp³-hybridized carbons (Fsp3) is 0.769. The van der Waals surface area contributed by atoms with E-state index in [-0.39, 0.29) is 6.54 Å². The van der Waals surface area contributed by atoms with Crippen molar-refractivity contribution in [1.82, 2.24) is 10.2 Å². The Morgan fingerprint density at radius 2 is 1.90 bits per heavy atom. The van der Waals surface area contributed by atoms with Gasteiger partial charge >= 0.3 is 12.0 Å². The van der Waals surface area contributed by atoms with Crippen molar-refractivity contribution < 1.29 is 19.5 Å². The van der Waals surface area contributed by atoms with Gasteiger partial charge in [0.1, 0.15) is 6.04 Å². The van der Waals surface area contributed by atoms with Crippen LogP contribution in [0.5, 0.6) is 0 Å². The third kappa shape index (κ3) is 3.40. The van der Waals surface area contributed by atoms with Gasteiger partial charge in [0.15, 0.2) is 0 Å². The number of carboxylic acid groups (broad SMARTS) is 1. The molecule has 2 atom stereocenters. The Morgan fingerprint density at radius 3 is 2.25 bits per heavy atom. The third-order valence-corrected chi connectivity index (χ3v) is 3.74. The highest BCUT2D eigenvalue weighted by Gasteiger charge is 2.42. The maximum atomic E-state index is 12.1. The van der Waals surface area contributed by atoms with Crippen molar-refractivity contribution >= 4 is 17.9 Å². The van der Waals surface area contributed by atoms with E-state index in [2.05, 4.69) is 5.32 Å². The number of primary amides is 1. The summed E-state index contributed by atoms with van der Waals surface area (Å²) in [6.45, 7) is 7.53. The van der Waals surface area contributed by atoms with Crippen LogP contribution in [0.2, 0.25) is 0 Å². The normalized spacial score (nSPS) is 24.3. The van der Waals surface area contributed by atoms with Crippen molar-refractivity contribution in [1.29, 1.82) is 0 Å². The quantitative estimate of drug-likeness (QED) is 0.696. The van der Waals surface area contributed by atoms with E-state index in [0.29, 0.717) is 13.0 Å². The first-order valence-electron chi connectivity index (χ1n) is 6.55. The van der Waals surface area contributed by atoms with Gasteiger partial charge in [-0.2, -0.15) is 0 Å². The minimum absolute atomic E-state index is 0.213. The van der Waals surface area contributed by atoms with Crippen LogP contribution in [-0.2, 0) is 9.59 Å². The molecule has 0 aromatic rings. The van der Waals surface area contributed by atoms with Gasteiger partial charge in [-0.15, -0.1) is 0 Å². The maximum absolute atomic E-state index is 12.1. The van der Waals surface area contributed by atoms with E-state index in [0.717, 1.165) is 0 Å². The van der Waals surface area contributed by atoms with Gasteiger partial charge in [-0.25, -0.2) is 9.59 Å². The zero-order valence-electron chi connectivity index (χ0n) is 12.4. The van der Waals surface area contributed by atoms with Crippen LogP contribution in [0.25, 0.3) is 0 Å². The summed E-state index contributed by atoms with van der Waals surface area (Å²) in [5.74, 6) is -1.53. The number of hydrogen-bond acceptors (Lipinski definition) is 3. The number of hydrogen-bond donors (Lipinski definition) is 3. The summed E-state index contributed by atoms with van der Waals surface area (Å²) in [5, 5.41) is 11.7. The lowest BCUT2D eigenvalue weighted by atomic mass is 9.87. The largest absolute Gasteiger partial charge is 0.480 e. The summed E-state index contributed by atoms with van der Waals surface area (Å²) in [4.78, 5) is 36.1. The molecule has 7 nitrogen and oxygen atoms in total. The Labute approximate surface area is 118 Å². The molecule has 0 aromatic carbocycles. The molecule has 1 aliphatic rings. The van der Waals surface area contributed by atoms with Crippen LogP contribution in [0.3, 0.4) is 0 Å². The van der Waals surface area contributed by atoms with Crippen LogP contribution in [0.4, 0.5) is 4.79 Å². The highest BCUT2D eigenvalue weighted by Crippen LogP contribution is 2.29. The van der Waals surface area contributed by atoms with E-state index in [9.17, 15) is 19.5 Å². The highest BCUT2D eigenvalue weighted by molar-refractivity contribution is 5.85. The molecule has 7 heteroatoms. The predicted octanol–water partition coefficient (Wildman–Crippen LogP) is 0.393. The Hall–Kier alpha value is -1.79. The lowest BCUT2D eigenvalue weighted by Crippen LogP contribution is -2.53. The zero-order valence-corrected chi connectivity index (χ0v) is 12.4. The fourth-order valence-electron chi connectivity index (χ4n) is 2.20. The molecule has 1 saturated heterocycles. The molecule has 1 aliphatic heterocycles. The number of carbonyl (C=O) groups is 3. The van der Waals surface area contributed by atoms with Crippen molar-refractivity contribution in [3.8, 4) is 0 Å². The first kappa shape index (κ1) is 16.3. The van der Waals surface area contributed by atoms with E-state index >= 15 is 0 Å². The Morgan fingerprint density at radius 1 is 1.35 bits per heavy atom. The maximum Gasteiger partial charge on any atom is 0.326 e. The van der Waals surface area contributed by atoms with Crippen LogP contribution in [-0.4, -0.2) is 47.0 Å². The van der Waals surface area contributed by atoms with E-state index in [1.165, 1.54) is 4.90 Å². The van der Waals surface area contributed by atoms with Crippen LogP contribution < -0.4 is 11.1 Å². The standard InChI is InChI=1S/C13H23N3O4/c1-12(2,3)8(9(17)18)15-11(20)16-6-5-13(4,7-16)10(14)19/h8H,5-7H2,1-4H3,(H2,14,19)(H,15,20)(H,17,18). The first-order chi connectivity index (χ1) is 8.97. The van der Waals surface area contributed by atoms with Gasteiger partial charge in [-0.1, -0.05) is 20.8 Å². The van der Waals surface area contributed by atoms with E-state index in [1.807, 2.05) is 0 Å². The molecule has 0 radical (unpaired) electrons. The third-order valence-electron chi connectivity index (χ3n) is 3.74. The zero-order chi connectivity index (χ0) is 15.7. The summed E-state index contributed by atoms with van der Waals surface area (Å²) < 4.78 is 0. The lowest BCUT2D eigenvalue weighted by Gasteiger charge is -2.30. The van der Waals surface area contributed by atoms with E-state index < -0.39 is 34.8 Å². The summed E-state index contributed by atoms with van der Waals surface area (Å²) in [6.07, 6.45) is 0.489. The molecule has 0 saturated carbocycles. The minimum atomic E-state index is -1.08. The van der Waals surface area contributed by atoms with Crippen LogP contribution in [0.15, 0.2) is 0 Å². The lowest BCUT2D eigenvalue weighted by molar-refractivity contribution is -0.142. The molecule has 4 N–H and O–H groups in total. The second kappa shape index (κ2) is 5.30. The van der Waals surface area contributed by atoms with E-state index in [4.69, 9.17) is 5.73 Å². The number of nitrogens with two attached hydrogens (primary N) is 1. The van der Waals surface area contributed by atoms with Crippen LogP contribution >= 0.6 is 0 Å². The molecular weight excluding hydrogens is 262 g/mol. The Bertz CT molecular complexity index is 430. The first-order valence-corrected chi connectivity index (χ1v) is 6.55. The van der Waals surface area contributed by atoms with Crippen molar-refractivity contribution in [3.05, 3.63) is 0 Å². The summed E-state index contributed by atoms with van der Waals surface area (Å²) in [5.41, 5.74) is 3.98. The van der Waals surface area contributed by atoms with Crippen molar-refractivity contribution in [2.45, 2.75) is 40.2 Å². The molecule has 3 amide bonds. The van der Waals surface area contributed by atoms with Gasteiger partial charge in [-0.3, -0.25) is 4.79 Å². The van der Waals surface area contributed by atoms with Crippen LogP contribution in [0.1, 0.15) is 34.1 Å². The van der Waals surface area contributed by atoms with Gasteiger partial charge in [0.05, 0.1) is 5.41 Å². The summed E-state index contributed by atoms with van der Waals surface area (Å²) in [6, 6.07) is -1.47. The fourth-order valence-corrected chi connectivity index (χ4v) is 2.20. The summed E-state index contributed by atoms with van der Waals surface area (Å²) >= 11 is 0. The molecule has 1 heterocycles. The second-order valence-corrected chi connectivity index (χ2v) is 6.68. The number of rotatable bonds is 3. The Kier molecular flexibility index (Phi) is 4.31. The van der Waals surface area contributed by atoms with Crippen molar-refractivity contribution in [3.63, 3.8) is 0 Å². The number of nitrogens with one attached hydrogen (secondary N) is 1. The molecule has 0 bridgehead atoms. The monoisotopic (exact) mass is 285 g/mol. The topological polar surface area (TPSA) is 113 Å². The van der Waals surface area contributed by atoms with Crippen LogP contribution in [0, 0.1) is 10.8 Å². The number of nitrogens with zero attached hydrogens (tertiary/aromatic N) is 1. The molecule has 2 unspecified atom stereocenters. The van der Waals surface area contributed by atoms with Crippen molar-refractivity contribution in [2.75, 3.05) is 13.1 Å². The molecule has 0 spiro atoms. The van der Waals surface area contributed by atoms with Gasteiger partial charge in [0.25, 0.3) is 0 Å². The molecule has 1 rings (SSSR count). The average molecular weight is 285 g/mol. The number of carbonyl (C=O) groups excluding carboxylic acids is 2. The summed E-state index contributed by atoms with van der Waals surface area (Å²) in [7, 11) is 0. The smallest absolute Gasteiger partial charge is 0.326 e. The SMILES string of the molecule is CC1(C(N)=O)CCN(C(=O)NC(C(=O)O)C(C)(C)C)C1. The predicted molar refractivity (Wildman–Crippen MR) is 72.9 cm³/mol. The minimum Gasteiger partial charge on any atom is -0.480 e. The molecule has 20 heavy (non-hydrogen) atoms. The van der Waals surface area contributed by atoms with Gasteiger partial charge in [-0.05, 0) is 18.8 Å². The molecular formula is C13H23N3O4. The van der Waals surface area contributed by atoms with Gasteiger partial charge < -0.3 is 21.1 Å². The van der Waals surface area contributed by atoms with Gasteiger partial charge in [0.2, 0.25) is 5.91 Å². The molecule has 0 aliphatic carbocycles. The van der Waals surface area contributed by atoms with E-state index in [1.54, 1.807) is 27.7 Å². The number of urea groups is 1. The number of amides is 3. The Balaban J connectivity index is 2.73. The molecule has 1 fully saturated rings. The molecule has 114 valence electrons. The number of aliphatic carboxylic acids is 1. The molecule has 0 aromatic heterocycles. The highest BCUT2D eigenvalue weighted by atomic mass is 16.4.